The van der Waals surface area contributed by atoms with Crippen molar-refractivity contribution >= 4 is 5.82 Å². The Bertz CT molecular complexity index is 1040. The third-order valence-corrected chi connectivity index (χ3v) is 7.46. The molecule has 1 saturated heterocycles. The maximum absolute atomic E-state index is 5.20. The molecule has 1 aromatic heterocycles. The van der Waals surface area contributed by atoms with E-state index in [-0.39, 0.29) is 0 Å². The van der Waals surface area contributed by atoms with E-state index in [1.54, 1.807) is 0 Å². The Balaban J connectivity index is 1.70. The molecular formula is C30H43N5. The van der Waals surface area contributed by atoms with E-state index in [1.807, 2.05) is 0 Å². The highest BCUT2D eigenvalue weighted by Crippen LogP contribution is 2.31. The molecule has 35 heavy (non-hydrogen) atoms. The number of hydrogen-bond donors (Lipinski definition) is 0. The molecule has 0 spiro atoms. The third kappa shape index (κ3) is 5.96. The van der Waals surface area contributed by atoms with Crippen molar-refractivity contribution in [1.29, 1.82) is 0 Å². The largest absolute Gasteiger partial charge is 0.354 e. The standard InChI is InChI=1S/C30H43N5/c1-6-29-28(23-34(24(3)4)22-25(5)26-14-10-8-11-15-26)30(33-20-18-32(7-2)19-21-33)35(31-29)27-16-12-9-13-17-27/h8-17,24-25H,6-7,18-23H2,1-5H3. The molecule has 0 N–H and O–H groups in total. The number of rotatable bonds is 10. The number of nitrogens with zero attached hydrogens (tertiary/aromatic N) is 5. The summed E-state index contributed by atoms with van der Waals surface area (Å²) in [5.74, 6) is 1.77. The van der Waals surface area contributed by atoms with E-state index >= 15 is 0 Å². The van der Waals surface area contributed by atoms with Crippen LogP contribution >= 0.6 is 0 Å². The Kier molecular flexibility index (Phi) is 8.64. The van der Waals surface area contributed by atoms with Crippen LogP contribution in [0.25, 0.3) is 5.69 Å². The van der Waals surface area contributed by atoms with Crippen LogP contribution in [0.1, 0.15) is 57.4 Å². The molecule has 4 rings (SSSR count). The zero-order chi connectivity index (χ0) is 24.8. The molecule has 5 heteroatoms. The lowest BCUT2D eigenvalue weighted by Gasteiger charge is -2.37. The number of anilines is 1. The van der Waals surface area contributed by atoms with Crippen LogP contribution in [0.4, 0.5) is 5.82 Å². The molecule has 1 fully saturated rings. The van der Waals surface area contributed by atoms with Gasteiger partial charge in [-0.3, -0.25) is 4.90 Å². The summed E-state index contributed by atoms with van der Waals surface area (Å²) in [6.45, 7) is 18.9. The molecule has 5 nitrogen and oxygen atoms in total. The fourth-order valence-electron chi connectivity index (χ4n) is 5.18. The van der Waals surface area contributed by atoms with Crippen LogP contribution in [0.2, 0.25) is 0 Å². The second kappa shape index (κ2) is 11.9. The first-order valence-corrected chi connectivity index (χ1v) is 13.4. The summed E-state index contributed by atoms with van der Waals surface area (Å²) in [6.07, 6.45) is 0.942. The third-order valence-electron chi connectivity index (χ3n) is 7.46. The predicted octanol–water partition coefficient (Wildman–Crippen LogP) is 5.59. The molecular weight excluding hydrogens is 430 g/mol. The van der Waals surface area contributed by atoms with Crippen LogP contribution in [0.15, 0.2) is 60.7 Å². The van der Waals surface area contributed by atoms with Crippen molar-refractivity contribution in [1.82, 2.24) is 19.6 Å². The first-order chi connectivity index (χ1) is 17.0. The molecule has 1 unspecified atom stereocenters. The van der Waals surface area contributed by atoms with Crippen molar-refractivity contribution in [2.24, 2.45) is 0 Å². The van der Waals surface area contributed by atoms with Gasteiger partial charge in [0, 0.05) is 50.9 Å². The predicted molar refractivity (Wildman–Crippen MR) is 148 cm³/mol. The molecule has 1 aliphatic rings. The smallest absolute Gasteiger partial charge is 0.137 e. The fourth-order valence-corrected chi connectivity index (χ4v) is 5.18. The van der Waals surface area contributed by atoms with E-state index in [0.29, 0.717) is 12.0 Å². The van der Waals surface area contributed by atoms with Gasteiger partial charge < -0.3 is 9.80 Å². The van der Waals surface area contributed by atoms with Crippen LogP contribution in [0, 0.1) is 0 Å². The first-order valence-electron chi connectivity index (χ1n) is 13.4. The summed E-state index contributed by atoms with van der Waals surface area (Å²) in [5.41, 5.74) is 5.18. The van der Waals surface area contributed by atoms with Gasteiger partial charge in [0.2, 0.25) is 0 Å². The van der Waals surface area contributed by atoms with E-state index in [0.717, 1.165) is 57.9 Å². The van der Waals surface area contributed by atoms with Crippen LogP contribution in [0.3, 0.4) is 0 Å². The number of likely N-dealkylation sites (N-methyl/N-ethyl adjacent to an activating group) is 1. The second-order valence-corrected chi connectivity index (χ2v) is 10.1. The SMILES string of the molecule is CCc1nn(-c2ccccc2)c(N2CCN(CC)CC2)c1CN(CC(C)c1ccccc1)C(C)C. The Labute approximate surface area is 212 Å². The minimum atomic E-state index is 0.454. The molecule has 3 aromatic rings. The minimum absolute atomic E-state index is 0.454. The van der Waals surface area contributed by atoms with Crippen molar-refractivity contribution < 1.29 is 0 Å². The summed E-state index contributed by atoms with van der Waals surface area (Å²) >= 11 is 0. The monoisotopic (exact) mass is 473 g/mol. The van der Waals surface area contributed by atoms with Gasteiger partial charge in [-0.1, -0.05) is 69.3 Å². The second-order valence-electron chi connectivity index (χ2n) is 10.1. The Hall–Kier alpha value is -2.63. The average Bonchev–Trinajstić information content (AvgIpc) is 3.27. The molecule has 1 atom stereocenters. The lowest BCUT2D eigenvalue weighted by molar-refractivity contribution is 0.201. The highest BCUT2D eigenvalue weighted by atomic mass is 15.4. The van der Waals surface area contributed by atoms with E-state index in [1.165, 1.54) is 22.6 Å². The van der Waals surface area contributed by atoms with E-state index in [2.05, 4.69) is 115 Å². The van der Waals surface area contributed by atoms with Gasteiger partial charge in [0.15, 0.2) is 0 Å². The zero-order valence-corrected chi connectivity index (χ0v) is 22.3. The highest BCUT2D eigenvalue weighted by Gasteiger charge is 2.28. The van der Waals surface area contributed by atoms with Gasteiger partial charge in [-0.25, -0.2) is 4.68 Å². The van der Waals surface area contributed by atoms with Crippen LogP contribution < -0.4 is 4.90 Å². The van der Waals surface area contributed by atoms with Gasteiger partial charge in [-0.15, -0.1) is 0 Å². The van der Waals surface area contributed by atoms with E-state index in [9.17, 15) is 0 Å². The topological polar surface area (TPSA) is 27.5 Å². The molecule has 0 amide bonds. The summed E-state index contributed by atoms with van der Waals surface area (Å²) < 4.78 is 2.22. The Morgan fingerprint density at radius 1 is 0.857 bits per heavy atom. The molecule has 0 aliphatic carbocycles. The number of piperazine rings is 1. The maximum atomic E-state index is 5.20. The van der Waals surface area contributed by atoms with Crippen molar-refractivity contribution in [2.45, 2.75) is 59.5 Å². The normalized spacial score (nSPS) is 15.8. The number of para-hydroxylation sites is 1. The highest BCUT2D eigenvalue weighted by molar-refractivity contribution is 5.56. The van der Waals surface area contributed by atoms with Crippen molar-refractivity contribution in [3.63, 3.8) is 0 Å². The maximum Gasteiger partial charge on any atom is 0.137 e. The Morgan fingerprint density at radius 2 is 1.49 bits per heavy atom. The van der Waals surface area contributed by atoms with Crippen LogP contribution in [-0.4, -0.2) is 64.9 Å². The summed E-state index contributed by atoms with van der Waals surface area (Å²) in [6, 6.07) is 22.0. The van der Waals surface area contributed by atoms with Gasteiger partial charge in [0.1, 0.15) is 5.82 Å². The first kappa shape index (κ1) is 25.5. The Morgan fingerprint density at radius 3 is 2.06 bits per heavy atom. The van der Waals surface area contributed by atoms with Crippen LogP contribution in [0.5, 0.6) is 0 Å². The quantitative estimate of drug-likeness (QED) is 0.384. The van der Waals surface area contributed by atoms with E-state index in [4.69, 9.17) is 5.10 Å². The summed E-state index contributed by atoms with van der Waals surface area (Å²) in [5, 5.41) is 5.20. The lowest BCUT2D eigenvalue weighted by Crippen LogP contribution is -2.47. The minimum Gasteiger partial charge on any atom is -0.354 e. The molecule has 0 bridgehead atoms. The zero-order valence-electron chi connectivity index (χ0n) is 22.3. The molecule has 0 saturated carbocycles. The molecule has 1 aliphatic heterocycles. The number of hydrogen-bond acceptors (Lipinski definition) is 4. The van der Waals surface area contributed by atoms with Gasteiger partial charge in [-0.2, -0.15) is 5.10 Å². The molecule has 2 heterocycles. The molecule has 0 radical (unpaired) electrons. The lowest BCUT2D eigenvalue weighted by atomic mass is 9.99. The van der Waals surface area contributed by atoms with Crippen molar-refractivity contribution in [3.05, 3.63) is 77.5 Å². The van der Waals surface area contributed by atoms with Crippen LogP contribution in [-0.2, 0) is 13.0 Å². The number of aromatic nitrogens is 2. The molecule has 2 aromatic carbocycles. The average molecular weight is 474 g/mol. The number of aryl methyl sites for hydroxylation is 1. The molecule has 188 valence electrons. The number of benzene rings is 2. The summed E-state index contributed by atoms with van der Waals surface area (Å²) in [4.78, 5) is 7.76. The van der Waals surface area contributed by atoms with Gasteiger partial charge in [0.05, 0.1) is 11.4 Å². The van der Waals surface area contributed by atoms with Crippen molar-refractivity contribution in [3.8, 4) is 5.69 Å². The summed E-state index contributed by atoms with van der Waals surface area (Å²) in [7, 11) is 0. The van der Waals surface area contributed by atoms with Crippen molar-refractivity contribution in [2.75, 3.05) is 44.2 Å². The van der Waals surface area contributed by atoms with Gasteiger partial charge in [0.25, 0.3) is 0 Å². The van der Waals surface area contributed by atoms with E-state index < -0.39 is 0 Å². The fraction of sp³-hybridized carbons (Fsp3) is 0.500. The van der Waals surface area contributed by atoms with Gasteiger partial charge in [-0.05, 0) is 50.4 Å². The van der Waals surface area contributed by atoms with Gasteiger partial charge >= 0.3 is 0 Å².